The van der Waals surface area contributed by atoms with Crippen molar-refractivity contribution in [2.75, 3.05) is 0 Å². The molecule has 14 heavy (non-hydrogen) atoms. The molecule has 3 heteroatoms. The zero-order chi connectivity index (χ0) is 9.97. The topological polar surface area (TPSA) is 24.9 Å². The number of rotatable bonds is 1. The number of aromatic nitrogens is 1. The van der Waals surface area contributed by atoms with Crippen LogP contribution >= 0.6 is 15.9 Å². The van der Waals surface area contributed by atoms with Gasteiger partial charge >= 0.3 is 0 Å². The van der Waals surface area contributed by atoms with Crippen LogP contribution < -0.4 is 5.32 Å². The molecule has 2 nitrogen and oxygen atoms in total. The number of nitrogens with zero attached hydrogens (tertiary/aromatic N) is 1. The number of allylic oxidation sites excluding steroid dienone is 2. The maximum absolute atomic E-state index is 4.18. The first kappa shape index (κ1) is 9.46. The number of hydrogen-bond acceptors (Lipinski definition) is 2. The zero-order valence-electron chi connectivity index (χ0n) is 7.87. The van der Waals surface area contributed by atoms with E-state index >= 15 is 0 Å². The Morgan fingerprint density at radius 2 is 2.29 bits per heavy atom. The van der Waals surface area contributed by atoms with Gasteiger partial charge in [-0.15, -0.1) is 0 Å². The minimum atomic E-state index is 0.224. The van der Waals surface area contributed by atoms with Gasteiger partial charge in [0.2, 0.25) is 0 Å². The van der Waals surface area contributed by atoms with Gasteiger partial charge in [0.15, 0.2) is 0 Å². The molecule has 1 aliphatic rings. The molecule has 0 bridgehead atoms. The zero-order valence-corrected chi connectivity index (χ0v) is 9.45. The smallest absolute Gasteiger partial charge is 0.0787 e. The minimum absolute atomic E-state index is 0.224. The van der Waals surface area contributed by atoms with E-state index in [1.807, 2.05) is 31.5 Å². The predicted molar refractivity (Wildman–Crippen MR) is 61.0 cm³/mol. The summed E-state index contributed by atoms with van der Waals surface area (Å²) < 4.78 is 1.01. The lowest BCUT2D eigenvalue weighted by molar-refractivity contribution is 0.734. The van der Waals surface area contributed by atoms with E-state index < -0.39 is 0 Å². The molecule has 72 valence electrons. The Kier molecular flexibility index (Phi) is 2.68. The third-order valence-electron chi connectivity index (χ3n) is 2.09. The van der Waals surface area contributed by atoms with Crippen molar-refractivity contribution in [3.8, 4) is 0 Å². The van der Waals surface area contributed by atoms with Crippen LogP contribution in [-0.2, 0) is 0 Å². The van der Waals surface area contributed by atoms with E-state index in [-0.39, 0.29) is 6.04 Å². The first-order valence-corrected chi connectivity index (χ1v) is 5.27. The van der Waals surface area contributed by atoms with Crippen LogP contribution in [0.2, 0.25) is 0 Å². The van der Waals surface area contributed by atoms with Crippen LogP contribution in [0, 0.1) is 6.92 Å². The number of hydrogen-bond donors (Lipinski definition) is 1. The summed E-state index contributed by atoms with van der Waals surface area (Å²) in [5.74, 6) is 0. The van der Waals surface area contributed by atoms with Crippen molar-refractivity contribution in [1.29, 1.82) is 0 Å². The lowest BCUT2D eigenvalue weighted by Gasteiger charge is -2.18. The minimum Gasteiger partial charge on any atom is -0.369 e. The van der Waals surface area contributed by atoms with Gasteiger partial charge in [-0.25, -0.2) is 0 Å². The van der Waals surface area contributed by atoms with Crippen LogP contribution in [0.15, 0.2) is 41.3 Å². The molecular formula is C11H11BrN2. The van der Waals surface area contributed by atoms with E-state index in [2.05, 4.69) is 38.4 Å². The van der Waals surface area contributed by atoms with Crippen LogP contribution in [0.5, 0.6) is 0 Å². The largest absolute Gasteiger partial charge is 0.369 e. The maximum atomic E-state index is 4.18. The van der Waals surface area contributed by atoms with Crippen LogP contribution in [0.4, 0.5) is 0 Å². The molecule has 0 saturated carbocycles. The SMILES string of the molecule is Cc1cncc(C2C=CC=C(Br)N2)c1. The van der Waals surface area contributed by atoms with Gasteiger partial charge in [0, 0.05) is 12.4 Å². The monoisotopic (exact) mass is 250 g/mol. The van der Waals surface area contributed by atoms with E-state index in [1.165, 1.54) is 11.1 Å². The fourth-order valence-corrected chi connectivity index (χ4v) is 1.84. The highest BCUT2D eigenvalue weighted by atomic mass is 79.9. The average Bonchev–Trinajstić information content (AvgIpc) is 2.18. The van der Waals surface area contributed by atoms with Crippen LogP contribution in [0.1, 0.15) is 17.2 Å². The van der Waals surface area contributed by atoms with E-state index in [0.29, 0.717) is 0 Å². The molecule has 2 heterocycles. The first-order chi connectivity index (χ1) is 6.75. The number of nitrogens with one attached hydrogen (secondary N) is 1. The fourth-order valence-electron chi connectivity index (χ4n) is 1.44. The van der Waals surface area contributed by atoms with E-state index in [4.69, 9.17) is 0 Å². The average molecular weight is 251 g/mol. The molecule has 0 aliphatic carbocycles. The van der Waals surface area contributed by atoms with Crippen molar-refractivity contribution in [3.63, 3.8) is 0 Å². The Bertz CT molecular complexity index is 396. The van der Waals surface area contributed by atoms with Crippen LogP contribution in [-0.4, -0.2) is 4.98 Å². The summed E-state index contributed by atoms with van der Waals surface area (Å²) in [4.78, 5) is 4.18. The normalized spacial score (nSPS) is 20.1. The first-order valence-electron chi connectivity index (χ1n) is 4.48. The van der Waals surface area contributed by atoms with Crippen molar-refractivity contribution in [2.24, 2.45) is 0 Å². The fraction of sp³-hybridized carbons (Fsp3) is 0.182. The molecule has 1 N–H and O–H groups in total. The number of aryl methyl sites for hydroxylation is 1. The molecule has 0 saturated heterocycles. The molecule has 0 aromatic carbocycles. The molecule has 0 fully saturated rings. The summed E-state index contributed by atoms with van der Waals surface area (Å²) in [5.41, 5.74) is 2.37. The highest BCUT2D eigenvalue weighted by molar-refractivity contribution is 9.11. The van der Waals surface area contributed by atoms with E-state index in [9.17, 15) is 0 Å². The third kappa shape index (κ3) is 2.04. The molecule has 0 amide bonds. The summed E-state index contributed by atoms with van der Waals surface area (Å²) in [5, 5.41) is 3.31. The molecule has 0 radical (unpaired) electrons. The highest BCUT2D eigenvalue weighted by Gasteiger charge is 2.10. The molecule has 2 rings (SSSR count). The van der Waals surface area contributed by atoms with Crippen molar-refractivity contribution < 1.29 is 0 Å². The Morgan fingerprint density at radius 1 is 1.43 bits per heavy atom. The lowest BCUT2D eigenvalue weighted by Crippen LogP contribution is -2.18. The number of dihydropyridines is 1. The van der Waals surface area contributed by atoms with Gasteiger partial charge in [0.25, 0.3) is 0 Å². The summed E-state index contributed by atoms with van der Waals surface area (Å²) in [6, 6.07) is 2.36. The Morgan fingerprint density at radius 3 is 3.00 bits per heavy atom. The summed E-state index contributed by atoms with van der Waals surface area (Å²) in [7, 11) is 0. The lowest BCUT2D eigenvalue weighted by atomic mass is 10.1. The molecule has 0 spiro atoms. The molecule has 1 aromatic heterocycles. The Hall–Kier alpha value is -1.09. The second-order valence-corrected chi connectivity index (χ2v) is 4.17. The van der Waals surface area contributed by atoms with Gasteiger partial charge in [0.1, 0.15) is 0 Å². The standard InChI is InChI=1S/C11H11BrN2/c1-8-5-9(7-13-6-8)10-3-2-4-11(12)14-10/h2-7,10,14H,1H3. The van der Waals surface area contributed by atoms with Crippen LogP contribution in [0.3, 0.4) is 0 Å². The molecular weight excluding hydrogens is 240 g/mol. The van der Waals surface area contributed by atoms with Crippen molar-refractivity contribution in [2.45, 2.75) is 13.0 Å². The van der Waals surface area contributed by atoms with Gasteiger partial charge < -0.3 is 5.32 Å². The van der Waals surface area contributed by atoms with E-state index in [1.54, 1.807) is 0 Å². The van der Waals surface area contributed by atoms with Gasteiger partial charge in [-0.1, -0.05) is 18.2 Å². The van der Waals surface area contributed by atoms with E-state index in [0.717, 1.165) is 4.61 Å². The highest BCUT2D eigenvalue weighted by Crippen LogP contribution is 2.21. The molecule has 1 aliphatic heterocycles. The molecule has 1 unspecified atom stereocenters. The third-order valence-corrected chi connectivity index (χ3v) is 2.59. The Labute approximate surface area is 91.9 Å². The second-order valence-electron chi connectivity index (χ2n) is 3.32. The second kappa shape index (κ2) is 3.96. The van der Waals surface area contributed by atoms with Crippen molar-refractivity contribution in [1.82, 2.24) is 10.3 Å². The summed E-state index contributed by atoms with van der Waals surface area (Å²) in [6.45, 7) is 2.05. The van der Waals surface area contributed by atoms with Crippen molar-refractivity contribution in [3.05, 3.63) is 52.4 Å². The molecule has 1 atom stereocenters. The van der Waals surface area contributed by atoms with Crippen molar-refractivity contribution >= 4 is 15.9 Å². The Balaban J connectivity index is 2.25. The number of pyridine rings is 1. The van der Waals surface area contributed by atoms with Gasteiger partial charge in [-0.2, -0.15) is 0 Å². The summed E-state index contributed by atoms with van der Waals surface area (Å²) in [6.07, 6.45) is 9.88. The predicted octanol–water partition coefficient (Wildman–Crippen LogP) is 2.83. The maximum Gasteiger partial charge on any atom is 0.0787 e. The summed E-state index contributed by atoms with van der Waals surface area (Å²) >= 11 is 3.42. The van der Waals surface area contributed by atoms with Gasteiger partial charge in [-0.3, -0.25) is 4.98 Å². The van der Waals surface area contributed by atoms with Gasteiger partial charge in [0.05, 0.1) is 10.6 Å². The quantitative estimate of drug-likeness (QED) is 0.776. The molecule has 1 aromatic rings. The van der Waals surface area contributed by atoms with Gasteiger partial charge in [-0.05, 0) is 40.1 Å². The number of halogens is 1. The van der Waals surface area contributed by atoms with Crippen LogP contribution in [0.25, 0.3) is 0 Å².